The number of hydrogen-bond acceptors (Lipinski definition) is 3. The number of amides is 2. The maximum Gasteiger partial charge on any atom is 0.253 e. The summed E-state index contributed by atoms with van der Waals surface area (Å²) in [5, 5.41) is 0. The molecule has 0 aromatic heterocycles. The van der Waals surface area contributed by atoms with Crippen LogP contribution >= 0.6 is 0 Å². The summed E-state index contributed by atoms with van der Waals surface area (Å²) in [5.74, 6) is -0.410. The number of rotatable bonds is 12. The van der Waals surface area contributed by atoms with E-state index in [-0.39, 0.29) is 24.9 Å². The third kappa shape index (κ3) is 6.84. The van der Waals surface area contributed by atoms with Crippen LogP contribution in [0.25, 0.3) is 0 Å². The first-order valence-corrected chi connectivity index (χ1v) is 7.66. The van der Waals surface area contributed by atoms with Crippen molar-refractivity contribution in [3.8, 4) is 0 Å². The summed E-state index contributed by atoms with van der Waals surface area (Å²) in [6.45, 7) is 2.83. The van der Waals surface area contributed by atoms with Gasteiger partial charge in [0.25, 0.3) is 11.8 Å². The summed E-state index contributed by atoms with van der Waals surface area (Å²) in [4.78, 5) is 26.0. The molecule has 0 aromatic carbocycles. The molecule has 0 fully saturated rings. The van der Waals surface area contributed by atoms with Crippen molar-refractivity contribution in [2.45, 2.75) is 32.1 Å². The Labute approximate surface area is 127 Å². The molecular formula is C15H24N4O2. The van der Waals surface area contributed by atoms with Gasteiger partial charge in [0.05, 0.1) is 0 Å². The lowest BCUT2D eigenvalue weighted by Gasteiger charge is -2.19. The SMILES string of the molecule is [N]CCN(CC[N])CCCCCCCN1C(=O)C=CC1=O. The van der Waals surface area contributed by atoms with E-state index < -0.39 is 0 Å². The van der Waals surface area contributed by atoms with Crippen molar-refractivity contribution >= 4 is 11.8 Å². The lowest BCUT2D eigenvalue weighted by atomic mass is 10.1. The van der Waals surface area contributed by atoms with Gasteiger partial charge in [-0.1, -0.05) is 19.3 Å². The Morgan fingerprint density at radius 3 is 1.90 bits per heavy atom. The summed E-state index contributed by atoms with van der Waals surface area (Å²) in [6.07, 6.45) is 7.65. The van der Waals surface area contributed by atoms with E-state index >= 15 is 0 Å². The minimum atomic E-state index is -0.205. The van der Waals surface area contributed by atoms with E-state index in [9.17, 15) is 9.59 Å². The van der Waals surface area contributed by atoms with E-state index in [0.29, 0.717) is 19.6 Å². The van der Waals surface area contributed by atoms with E-state index in [2.05, 4.69) is 0 Å². The Balaban J connectivity index is 1.99. The molecule has 0 saturated carbocycles. The molecule has 1 aliphatic heterocycles. The van der Waals surface area contributed by atoms with Gasteiger partial charge in [0.2, 0.25) is 0 Å². The molecule has 0 spiro atoms. The fourth-order valence-electron chi connectivity index (χ4n) is 2.41. The monoisotopic (exact) mass is 292 g/mol. The van der Waals surface area contributed by atoms with E-state index in [0.717, 1.165) is 38.6 Å². The molecule has 6 heteroatoms. The van der Waals surface area contributed by atoms with Gasteiger partial charge in [0, 0.05) is 44.9 Å². The number of hydrogen-bond donors (Lipinski definition) is 0. The van der Waals surface area contributed by atoms with Gasteiger partial charge in [0.15, 0.2) is 0 Å². The Hall–Kier alpha value is -1.24. The molecule has 1 rings (SSSR count). The van der Waals surface area contributed by atoms with Crippen molar-refractivity contribution in [1.29, 1.82) is 0 Å². The molecule has 21 heavy (non-hydrogen) atoms. The van der Waals surface area contributed by atoms with Crippen LogP contribution in [-0.4, -0.2) is 60.9 Å². The highest BCUT2D eigenvalue weighted by Crippen LogP contribution is 2.09. The van der Waals surface area contributed by atoms with Crippen LogP contribution in [0.15, 0.2) is 12.2 Å². The zero-order chi connectivity index (χ0) is 15.5. The van der Waals surface area contributed by atoms with Crippen LogP contribution in [0.5, 0.6) is 0 Å². The molecular weight excluding hydrogens is 268 g/mol. The molecule has 4 radical (unpaired) electrons. The van der Waals surface area contributed by atoms with Crippen LogP contribution in [-0.2, 0) is 9.59 Å². The van der Waals surface area contributed by atoms with Crippen LogP contribution in [0.4, 0.5) is 0 Å². The lowest BCUT2D eigenvalue weighted by molar-refractivity contribution is -0.136. The number of unbranched alkanes of at least 4 members (excludes halogenated alkanes) is 4. The average Bonchev–Trinajstić information content (AvgIpc) is 2.78. The molecule has 0 unspecified atom stereocenters. The Morgan fingerprint density at radius 1 is 0.810 bits per heavy atom. The second-order valence-corrected chi connectivity index (χ2v) is 5.22. The molecule has 0 bridgehead atoms. The van der Waals surface area contributed by atoms with E-state index in [1.54, 1.807) is 0 Å². The van der Waals surface area contributed by atoms with Gasteiger partial charge in [-0.15, -0.1) is 11.5 Å². The smallest absolute Gasteiger partial charge is 0.253 e. The van der Waals surface area contributed by atoms with E-state index in [1.807, 2.05) is 4.90 Å². The third-order valence-corrected chi connectivity index (χ3v) is 3.59. The topological polar surface area (TPSA) is 85.2 Å². The van der Waals surface area contributed by atoms with Crippen LogP contribution < -0.4 is 11.5 Å². The second kappa shape index (κ2) is 10.5. The highest BCUT2D eigenvalue weighted by atomic mass is 16.2. The molecule has 1 aliphatic rings. The Kier molecular flexibility index (Phi) is 8.89. The molecule has 0 atom stereocenters. The summed E-state index contributed by atoms with van der Waals surface area (Å²) >= 11 is 0. The first kappa shape index (κ1) is 17.8. The van der Waals surface area contributed by atoms with Gasteiger partial charge in [-0.3, -0.25) is 14.5 Å². The largest absolute Gasteiger partial charge is 0.301 e. The zero-order valence-corrected chi connectivity index (χ0v) is 12.5. The third-order valence-electron chi connectivity index (χ3n) is 3.59. The van der Waals surface area contributed by atoms with Crippen molar-refractivity contribution in [3.63, 3.8) is 0 Å². The number of imide groups is 1. The first-order chi connectivity index (χ1) is 10.2. The minimum absolute atomic E-state index is 0.117. The zero-order valence-electron chi connectivity index (χ0n) is 12.5. The molecule has 6 nitrogen and oxygen atoms in total. The fourth-order valence-corrected chi connectivity index (χ4v) is 2.41. The molecule has 1 heterocycles. The first-order valence-electron chi connectivity index (χ1n) is 7.66. The molecule has 0 aliphatic carbocycles. The van der Waals surface area contributed by atoms with Gasteiger partial charge < -0.3 is 4.90 Å². The fraction of sp³-hybridized carbons (Fsp3) is 0.733. The number of carbonyl (C=O) groups excluding carboxylic acids is 2. The van der Waals surface area contributed by atoms with E-state index in [4.69, 9.17) is 11.5 Å². The van der Waals surface area contributed by atoms with Gasteiger partial charge in [0.1, 0.15) is 0 Å². The summed E-state index contributed by atoms with van der Waals surface area (Å²) in [6, 6.07) is 0. The Morgan fingerprint density at radius 2 is 1.33 bits per heavy atom. The summed E-state index contributed by atoms with van der Waals surface area (Å²) in [7, 11) is 0. The van der Waals surface area contributed by atoms with E-state index in [1.165, 1.54) is 17.1 Å². The molecule has 0 aromatic rings. The summed E-state index contributed by atoms with van der Waals surface area (Å²) in [5.41, 5.74) is 17.8. The van der Waals surface area contributed by atoms with Crippen molar-refractivity contribution in [2.24, 2.45) is 0 Å². The van der Waals surface area contributed by atoms with Crippen molar-refractivity contribution in [1.82, 2.24) is 21.3 Å². The highest BCUT2D eigenvalue weighted by Gasteiger charge is 2.21. The standard InChI is InChI=1S/C15H24N4O2/c16-8-12-18(13-9-17)10-4-2-1-3-5-11-19-14(20)6-7-15(19)21/h6-7H,1-5,8-13H2. The van der Waals surface area contributed by atoms with Gasteiger partial charge in [-0.25, -0.2) is 0 Å². The van der Waals surface area contributed by atoms with Crippen molar-refractivity contribution in [3.05, 3.63) is 12.2 Å². The Bertz CT molecular complexity index is 334. The number of nitrogens with zero attached hydrogens (tertiary/aromatic N) is 4. The summed E-state index contributed by atoms with van der Waals surface area (Å²) < 4.78 is 0. The van der Waals surface area contributed by atoms with Crippen LogP contribution in [0.3, 0.4) is 0 Å². The normalized spacial score (nSPS) is 14.7. The van der Waals surface area contributed by atoms with Crippen molar-refractivity contribution in [2.75, 3.05) is 39.3 Å². The maximum atomic E-state index is 11.3. The average molecular weight is 292 g/mol. The molecule has 2 amide bonds. The number of carbonyl (C=O) groups is 2. The second-order valence-electron chi connectivity index (χ2n) is 5.22. The minimum Gasteiger partial charge on any atom is -0.301 e. The molecule has 0 saturated heterocycles. The predicted octanol–water partition coefficient (Wildman–Crippen LogP) is 0.301. The molecule has 116 valence electrons. The maximum absolute atomic E-state index is 11.3. The predicted molar refractivity (Wildman–Crippen MR) is 79.4 cm³/mol. The molecule has 0 N–H and O–H groups in total. The van der Waals surface area contributed by atoms with Gasteiger partial charge >= 0.3 is 0 Å². The quantitative estimate of drug-likeness (QED) is 0.383. The van der Waals surface area contributed by atoms with Crippen LogP contribution in [0.2, 0.25) is 0 Å². The van der Waals surface area contributed by atoms with Crippen LogP contribution in [0, 0.1) is 0 Å². The van der Waals surface area contributed by atoms with Gasteiger partial charge in [-0.2, -0.15) is 0 Å². The van der Waals surface area contributed by atoms with Crippen LogP contribution in [0.1, 0.15) is 32.1 Å². The van der Waals surface area contributed by atoms with Crippen molar-refractivity contribution < 1.29 is 9.59 Å². The highest BCUT2D eigenvalue weighted by molar-refractivity contribution is 6.12. The van der Waals surface area contributed by atoms with Gasteiger partial charge in [-0.05, 0) is 19.4 Å². The lowest BCUT2D eigenvalue weighted by Crippen LogP contribution is -2.31.